The summed E-state index contributed by atoms with van der Waals surface area (Å²) in [4.78, 5) is 16.1. The number of aromatic nitrogens is 1. The molecule has 2 rings (SSSR count). The third-order valence-electron chi connectivity index (χ3n) is 3.48. The molecule has 1 aromatic carbocycles. The predicted octanol–water partition coefficient (Wildman–Crippen LogP) is 3.97. The Labute approximate surface area is 132 Å². The maximum absolute atomic E-state index is 11.9. The number of carbonyl (C=O) groups is 1. The summed E-state index contributed by atoms with van der Waals surface area (Å²) in [7, 11) is 0. The lowest BCUT2D eigenvalue weighted by Gasteiger charge is -2.11. The highest BCUT2D eigenvalue weighted by Crippen LogP contribution is 2.21. The second kappa shape index (κ2) is 7.59. The van der Waals surface area contributed by atoms with E-state index in [2.05, 4.69) is 54.6 Å². The first-order valence-electron chi connectivity index (χ1n) is 7.68. The molecule has 4 nitrogen and oxygen atoms in total. The lowest BCUT2D eigenvalue weighted by atomic mass is 10.1. The van der Waals surface area contributed by atoms with E-state index in [9.17, 15) is 4.79 Å². The van der Waals surface area contributed by atoms with Crippen molar-refractivity contribution in [3.05, 3.63) is 53.3 Å². The van der Waals surface area contributed by atoms with Crippen LogP contribution in [0.1, 0.15) is 41.4 Å². The van der Waals surface area contributed by atoms with Crippen LogP contribution >= 0.6 is 0 Å². The van der Waals surface area contributed by atoms with Gasteiger partial charge in [-0.25, -0.2) is 4.98 Å². The SMILES string of the molecule is CCCCNC(=O)c1ccc(Nc2cc(C)ccc2C)cn1. The Morgan fingerprint density at radius 1 is 1.18 bits per heavy atom. The van der Waals surface area contributed by atoms with Gasteiger partial charge in [0.15, 0.2) is 0 Å². The minimum Gasteiger partial charge on any atom is -0.354 e. The van der Waals surface area contributed by atoms with Crippen LogP contribution in [0.2, 0.25) is 0 Å². The number of carbonyl (C=O) groups excluding carboxylic acids is 1. The van der Waals surface area contributed by atoms with Crippen molar-refractivity contribution in [1.82, 2.24) is 10.3 Å². The highest BCUT2D eigenvalue weighted by Gasteiger charge is 2.06. The largest absolute Gasteiger partial charge is 0.354 e. The molecule has 2 aromatic rings. The summed E-state index contributed by atoms with van der Waals surface area (Å²) in [5.74, 6) is -0.119. The van der Waals surface area contributed by atoms with Gasteiger partial charge in [-0.3, -0.25) is 4.79 Å². The molecule has 0 aliphatic heterocycles. The fourth-order valence-electron chi connectivity index (χ4n) is 2.10. The zero-order chi connectivity index (χ0) is 15.9. The molecule has 1 amide bonds. The van der Waals surface area contributed by atoms with Gasteiger partial charge in [-0.15, -0.1) is 0 Å². The molecule has 4 heteroatoms. The number of hydrogen-bond donors (Lipinski definition) is 2. The highest BCUT2D eigenvalue weighted by atomic mass is 16.1. The number of rotatable bonds is 6. The van der Waals surface area contributed by atoms with E-state index in [0.717, 1.165) is 24.2 Å². The molecule has 1 heterocycles. The van der Waals surface area contributed by atoms with E-state index in [-0.39, 0.29) is 5.91 Å². The Bertz CT molecular complexity index is 635. The van der Waals surface area contributed by atoms with Gasteiger partial charge < -0.3 is 10.6 Å². The monoisotopic (exact) mass is 297 g/mol. The third-order valence-corrected chi connectivity index (χ3v) is 3.48. The molecule has 0 saturated heterocycles. The van der Waals surface area contributed by atoms with Gasteiger partial charge in [-0.2, -0.15) is 0 Å². The molecule has 116 valence electrons. The smallest absolute Gasteiger partial charge is 0.269 e. The van der Waals surface area contributed by atoms with Crippen LogP contribution < -0.4 is 10.6 Å². The number of hydrogen-bond acceptors (Lipinski definition) is 3. The number of anilines is 2. The molecule has 0 aliphatic rings. The van der Waals surface area contributed by atoms with Crippen molar-refractivity contribution in [2.75, 3.05) is 11.9 Å². The van der Waals surface area contributed by atoms with Crippen molar-refractivity contribution in [1.29, 1.82) is 0 Å². The topological polar surface area (TPSA) is 54.0 Å². The van der Waals surface area contributed by atoms with Crippen LogP contribution in [-0.4, -0.2) is 17.4 Å². The zero-order valence-electron chi connectivity index (χ0n) is 13.4. The standard InChI is InChI=1S/C18H23N3O/c1-4-5-10-19-18(22)16-9-8-15(12-20-16)21-17-11-13(2)6-7-14(17)3/h6-9,11-12,21H,4-5,10H2,1-3H3,(H,19,22). The van der Waals surface area contributed by atoms with Gasteiger partial charge >= 0.3 is 0 Å². The average Bonchev–Trinajstić information content (AvgIpc) is 2.52. The zero-order valence-corrected chi connectivity index (χ0v) is 13.4. The molecule has 0 atom stereocenters. The number of nitrogens with zero attached hydrogens (tertiary/aromatic N) is 1. The van der Waals surface area contributed by atoms with Crippen LogP contribution in [0.4, 0.5) is 11.4 Å². The normalized spacial score (nSPS) is 10.3. The summed E-state index contributed by atoms with van der Waals surface area (Å²) in [6, 6.07) is 9.89. The number of benzene rings is 1. The van der Waals surface area contributed by atoms with E-state index in [1.165, 1.54) is 11.1 Å². The second-order valence-electron chi connectivity index (χ2n) is 5.48. The molecule has 1 aromatic heterocycles. The van der Waals surface area contributed by atoms with Crippen molar-refractivity contribution < 1.29 is 4.79 Å². The van der Waals surface area contributed by atoms with E-state index >= 15 is 0 Å². The maximum atomic E-state index is 11.9. The summed E-state index contributed by atoms with van der Waals surface area (Å²) < 4.78 is 0. The maximum Gasteiger partial charge on any atom is 0.269 e. The summed E-state index contributed by atoms with van der Waals surface area (Å²) in [6.45, 7) is 6.91. The predicted molar refractivity (Wildman–Crippen MR) is 90.7 cm³/mol. The lowest BCUT2D eigenvalue weighted by Crippen LogP contribution is -2.25. The molecular formula is C18H23N3O. The molecule has 0 radical (unpaired) electrons. The van der Waals surface area contributed by atoms with Gasteiger partial charge in [0.2, 0.25) is 0 Å². The number of unbranched alkanes of at least 4 members (excludes halogenated alkanes) is 1. The Kier molecular flexibility index (Phi) is 5.53. The molecule has 22 heavy (non-hydrogen) atoms. The van der Waals surface area contributed by atoms with E-state index < -0.39 is 0 Å². The highest BCUT2D eigenvalue weighted by molar-refractivity contribution is 5.92. The van der Waals surface area contributed by atoms with Crippen LogP contribution in [0, 0.1) is 13.8 Å². The van der Waals surface area contributed by atoms with E-state index in [1.54, 1.807) is 12.3 Å². The van der Waals surface area contributed by atoms with Gasteiger partial charge in [-0.05, 0) is 49.6 Å². The quantitative estimate of drug-likeness (QED) is 0.793. The number of pyridine rings is 1. The fourth-order valence-corrected chi connectivity index (χ4v) is 2.10. The molecule has 2 N–H and O–H groups in total. The molecule has 0 saturated carbocycles. The summed E-state index contributed by atoms with van der Waals surface area (Å²) >= 11 is 0. The van der Waals surface area contributed by atoms with Crippen molar-refractivity contribution in [2.24, 2.45) is 0 Å². The first-order valence-corrected chi connectivity index (χ1v) is 7.68. The first-order chi connectivity index (χ1) is 10.6. The fraction of sp³-hybridized carbons (Fsp3) is 0.333. The second-order valence-corrected chi connectivity index (χ2v) is 5.48. The van der Waals surface area contributed by atoms with Crippen molar-refractivity contribution in [3.63, 3.8) is 0 Å². The van der Waals surface area contributed by atoms with E-state index in [4.69, 9.17) is 0 Å². The minimum atomic E-state index is -0.119. The van der Waals surface area contributed by atoms with E-state index in [0.29, 0.717) is 12.2 Å². The van der Waals surface area contributed by atoms with Crippen LogP contribution in [0.5, 0.6) is 0 Å². The summed E-state index contributed by atoms with van der Waals surface area (Å²) in [6.07, 6.45) is 3.74. The van der Waals surface area contributed by atoms with Gasteiger partial charge in [0.05, 0.1) is 11.9 Å². The molecule has 0 fully saturated rings. The number of aryl methyl sites for hydroxylation is 2. The Morgan fingerprint density at radius 3 is 2.68 bits per heavy atom. The van der Waals surface area contributed by atoms with Gasteiger partial charge in [-0.1, -0.05) is 25.5 Å². The van der Waals surface area contributed by atoms with Crippen LogP contribution in [0.25, 0.3) is 0 Å². The lowest BCUT2D eigenvalue weighted by molar-refractivity contribution is 0.0948. The Hall–Kier alpha value is -2.36. The Morgan fingerprint density at radius 2 is 2.00 bits per heavy atom. The van der Waals surface area contributed by atoms with Crippen LogP contribution in [0.15, 0.2) is 36.5 Å². The van der Waals surface area contributed by atoms with Crippen LogP contribution in [0.3, 0.4) is 0 Å². The third kappa shape index (κ3) is 4.32. The van der Waals surface area contributed by atoms with Gasteiger partial charge in [0.25, 0.3) is 5.91 Å². The number of nitrogens with one attached hydrogen (secondary N) is 2. The number of amides is 1. The molecule has 0 spiro atoms. The molecular weight excluding hydrogens is 274 g/mol. The summed E-state index contributed by atoms with van der Waals surface area (Å²) in [5, 5.41) is 6.20. The van der Waals surface area contributed by atoms with Gasteiger partial charge in [0, 0.05) is 12.2 Å². The average molecular weight is 297 g/mol. The first kappa shape index (κ1) is 16.0. The molecule has 0 aliphatic carbocycles. The van der Waals surface area contributed by atoms with Gasteiger partial charge in [0.1, 0.15) is 5.69 Å². The van der Waals surface area contributed by atoms with Crippen LogP contribution in [-0.2, 0) is 0 Å². The van der Waals surface area contributed by atoms with E-state index in [1.807, 2.05) is 6.07 Å². The summed E-state index contributed by atoms with van der Waals surface area (Å²) in [5.41, 5.74) is 4.75. The molecule has 0 unspecified atom stereocenters. The van der Waals surface area contributed by atoms with Crippen molar-refractivity contribution >= 4 is 17.3 Å². The Balaban J connectivity index is 2.02. The van der Waals surface area contributed by atoms with Crippen molar-refractivity contribution in [2.45, 2.75) is 33.6 Å². The molecule has 0 bridgehead atoms. The van der Waals surface area contributed by atoms with Crippen molar-refractivity contribution in [3.8, 4) is 0 Å². The minimum absolute atomic E-state index is 0.119.